The third kappa shape index (κ3) is 3.70. The first-order valence-corrected chi connectivity index (χ1v) is 7.07. The van der Waals surface area contributed by atoms with E-state index in [9.17, 15) is 4.79 Å². The summed E-state index contributed by atoms with van der Waals surface area (Å²) in [6.45, 7) is 4.91. The average molecular weight is 294 g/mol. The molecule has 0 aliphatic carbocycles. The zero-order valence-corrected chi connectivity index (χ0v) is 11.9. The van der Waals surface area contributed by atoms with E-state index < -0.39 is 5.97 Å². The van der Waals surface area contributed by atoms with E-state index in [2.05, 4.69) is 21.9 Å². The van der Waals surface area contributed by atoms with Gasteiger partial charge in [-0.05, 0) is 24.0 Å². The van der Waals surface area contributed by atoms with Crippen molar-refractivity contribution in [1.29, 1.82) is 0 Å². The second-order valence-corrected chi connectivity index (χ2v) is 5.60. The molecule has 2 aromatic heterocycles. The molecule has 1 fully saturated rings. The molecule has 3 heterocycles. The Kier molecular flexibility index (Phi) is 5.27. The van der Waals surface area contributed by atoms with Crippen LogP contribution < -0.4 is 4.90 Å². The first-order valence-electron chi connectivity index (χ1n) is 7.07. The first-order chi connectivity index (χ1) is 10.1. The number of carbonyl (C=O) groups is 1. The van der Waals surface area contributed by atoms with Gasteiger partial charge in [-0.25, -0.2) is 9.78 Å². The molecule has 1 atom stereocenters. The maximum absolute atomic E-state index is 10.8. The van der Waals surface area contributed by atoms with Crippen molar-refractivity contribution in [3.8, 4) is 0 Å². The van der Waals surface area contributed by atoms with Crippen LogP contribution in [0.2, 0.25) is 0 Å². The van der Waals surface area contributed by atoms with E-state index >= 15 is 0 Å². The van der Waals surface area contributed by atoms with Gasteiger partial charge in [-0.2, -0.15) is 5.10 Å². The van der Waals surface area contributed by atoms with Crippen molar-refractivity contribution in [2.24, 2.45) is 5.92 Å². The number of pyridine rings is 1. The van der Waals surface area contributed by atoms with Crippen LogP contribution in [0.5, 0.6) is 0 Å². The number of anilines is 1. The molecule has 0 aromatic carbocycles. The Morgan fingerprint density at radius 2 is 2.23 bits per heavy atom. The summed E-state index contributed by atoms with van der Waals surface area (Å²) in [5.74, 6) is 0.776. The fourth-order valence-corrected chi connectivity index (χ4v) is 2.59. The van der Waals surface area contributed by atoms with Crippen LogP contribution in [0.15, 0.2) is 30.7 Å². The van der Waals surface area contributed by atoms with Gasteiger partial charge in [0, 0.05) is 25.5 Å². The van der Waals surface area contributed by atoms with Crippen molar-refractivity contribution in [1.82, 2.24) is 14.8 Å². The topological polar surface area (TPSA) is 71.2 Å². The second-order valence-electron chi connectivity index (χ2n) is 5.60. The number of nitrogens with zero attached hydrogens (tertiary/aromatic N) is 4. The third-order valence-corrected chi connectivity index (χ3v) is 3.78. The van der Waals surface area contributed by atoms with Crippen LogP contribution in [0.4, 0.5) is 5.82 Å². The van der Waals surface area contributed by atoms with Crippen molar-refractivity contribution in [3.63, 3.8) is 0 Å². The zero-order chi connectivity index (χ0) is 14.8. The van der Waals surface area contributed by atoms with Crippen LogP contribution in [-0.2, 0) is 6.54 Å². The molecule has 0 spiro atoms. The summed E-state index contributed by atoms with van der Waals surface area (Å²) in [7, 11) is 0. The Morgan fingerprint density at radius 1 is 1.41 bits per heavy atom. The predicted octanol–water partition coefficient (Wildman–Crippen LogP) is 1.22. The van der Waals surface area contributed by atoms with Gasteiger partial charge in [0.15, 0.2) is 0 Å². The fraction of sp³-hybridized carbons (Fsp3) is 0.400. The molecule has 22 heavy (non-hydrogen) atoms. The Hall–Kier alpha value is -1.77. The summed E-state index contributed by atoms with van der Waals surface area (Å²) in [6.07, 6.45) is 5.93. The molecule has 7 heteroatoms. The van der Waals surface area contributed by atoms with Gasteiger partial charge in [0.2, 0.25) is 0 Å². The molecule has 0 saturated carbocycles. The molecule has 1 N–H and O–H groups in total. The number of aromatic nitrogens is 3. The molecule has 112 valence electrons. The van der Waals surface area contributed by atoms with Gasteiger partial charge in [-0.1, -0.05) is 13.0 Å². The van der Waals surface area contributed by atoms with Crippen molar-refractivity contribution < 1.29 is 9.90 Å². The third-order valence-electron chi connectivity index (χ3n) is 3.78. The molecule has 1 unspecified atom stereocenters. The number of rotatable bonds is 4. The van der Waals surface area contributed by atoms with Crippen LogP contribution in [0, 0.1) is 5.92 Å². The molecule has 1 saturated heterocycles. The number of carboxylic acids is 1. The Bertz CT molecular complexity index is 641. The van der Waals surface area contributed by atoms with Crippen LogP contribution in [0.3, 0.4) is 0 Å². The van der Waals surface area contributed by atoms with E-state index in [0.717, 1.165) is 30.4 Å². The van der Waals surface area contributed by atoms with Gasteiger partial charge in [0.25, 0.3) is 0 Å². The van der Waals surface area contributed by atoms with Gasteiger partial charge in [0.1, 0.15) is 5.82 Å². The molecular weight excluding hydrogens is 275 g/mol. The Labute approximate surface area is 141 Å². The minimum absolute atomic E-state index is 0. The Morgan fingerprint density at radius 3 is 2.77 bits per heavy atom. The van der Waals surface area contributed by atoms with Crippen LogP contribution >= 0.6 is 0 Å². The average Bonchev–Trinajstić information content (AvgIpc) is 3.09. The summed E-state index contributed by atoms with van der Waals surface area (Å²) in [4.78, 5) is 17.6. The summed E-state index contributed by atoms with van der Waals surface area (Å²) in [6, 6.07) is 4.04. The van der Waals surface area contributed by atoms with E-state index in [1.54, 1.807) is 4.68 Å². The minimum atomic E-state index is -0.960. The van der Waals surface area contributed by atoms with Crippen molar-refractivity contribution >= 4 is 30.6 Å². The van der Waals surface area contributed by atoms with Gasteiger partial charge in [-0.15, -0.1) is 0 Å². The number of hydrogen-bond acceptors (Lipinski definition) is 4. The maximum atomic E-state index is 10.8. The molecule has 2 aromatic rings. The first kappa shape index (κ1) is 16.6. The molecule has 0 amide bonds. The van der Waals surface area contributed by atoms with Crippen LogP contribution in [0.25, 0.3) is 0 Å². The summed E-state index contributed by atoms with van der Waals surface area (Å²) >= 11 is 0. The summed E-state index contributed by atoms with van der Waals surface area (Å²) in [5.41, 5.74) is 1.21. The SMILES string of the molecule is CC1CCN(c2ccc(Cn3cc(C(=O)O)cn3)cn2)C1.[LiH]. The van der Waals surface area contributed by atoms with Crippen molar-refractivity contribution in [2.45, 2.75) is 19.9 Å². The monoisotopic (exact) mass is 294 g/mol. The molecular formula is C15H19LiN4O2. The number of aromatic carboxylic acids is 1. The predicted molar refractivity (Wildman–Crippen MR) is 85.7 cm³/mol. The van der Waals surface area contributed by atoms with E-state index in [1.807, 2.05) is 18.3 Å². The normalized spacial score (nSPS) is 17.3. The second kappa shape index (κ2) is 6.99. The number of hydrogen-bond donors (Lipinski definition) is 1. The van der Waals surface area contributed by atoms with Gasteiger partial charge in [0.05, 0.1) is 18.3 Å². The van der Waals surface area contributed by atoms with E-state index in [0.29, 0.717) is 6.54 Å². The van der Waals surface area contributed by atoms with Crippen molar-refractivity contribution in [2.75, 3.05) is 18.0 Å². The number of carboxylic acid groups (broad SMARTS) is 1. The van der Waals surface area contributed by atoms with Gasteiger partial charge >= 0.3 is 24.8 Å². The van der Waals surface area contributed by atoms with Gasteiger partial charge < -0.3 is 10.0 Å². The van der Waals surface area contributed by atoms with Gasteiger partial charge in [-0.3, -0.25) is 4.68 Å². The molecule has 1 aliphatic heterocycles. The summed E-state index contributed by atoms with van der Waals surface area (Å²) in [5, 5.41) is 12.9. The Balaban J connectivity index is 0.00000176. The molecule has 0 bridgehead atoms. The summed E-state index contributed by atoms with van der Waals surface area (Å²) < 4.78 is 1.61. The van der Waals surface area contributed by atoms with E-state index in [1.165, 1.54) is 18.8 Å². The van der Waals surface area contributed by atoms with Crippen LogP contribution in [0.1, 0.15) is 29.3 Å². The van der Waals surface area contributed by atoms with E-state index in [-0.39, 0.29) is 24.4 Å². The molecule has 1 aliphatic rings. The van der Waals surface area contributed by atoms with E-state index in [4.69, 9.17) is 5.11 Å². The molecule has 6 nitrogen and oxygen atoms in total. The standard InChI is InChI=1S/C15H18N4O2.Li.H/c1-11-4-5-18(8-11)14-3-2-12(6-16-14)9-19-10-13(7-17-19)15(20)21;;/h2-3,6-7,10-11H,4-5,8-9H2,1H3,(H,20,21);;. The molecule has 3 rings (SSSR count). The quantitative estimate of drug-likeness (QED) is 0.859. The van der Waals surface area contributed by atoms with Crippen molar-refractivity contribution in [3.05, 3.63) is 41.9 Å². The fourth-order valence-electron chi connectivity index (χ4n) is 2.59. The zero-order valence-electron chi connectivity index (χ0n) is 11.9. The molecule has 0 radical (unpaired) electrons. The van der Waals surface area contributed by atoms with Crippen LogP contribution in [-0.4, -0.2) is 57.8 Å².